The maximum atomic E-state index is 11.8. The van der Waals surface area contributed by atoms with Crippen LogP contribution in [0.3, 0.4) is 0 Å². The van der Waals surface area contributed by atoms with E-state index in [2.05, 4.69) is 16.0 Å². The van der Waals surface area contributed by atoms with Crippen LogP contribution >= 0.6 is 0 Å². The van der Waals surface area contributed by atoms with Gasteiger partial charge in [-0.15, -0.1) is 0 Å². The maximum absolute atomic E-state index is 11.8. The van der Waals surface area contributed by atoms with Gasteiger partial charge < -0.3 is 20.9 Å². The zero-order valence-electron chi connectivity index (χ0n) is 13.8. The molecule has 3 N–H and O–H groups in total. The number of benzene rings is 1. The number of nitrogens with zero attached hydrogens (tertiary/aromatic N) is 1. The first-order chi connectivity index (χ1) is 10.9. The third kappa shape index (κ3) is 8.57. The van der Waals surface area contributed by atoms with Crippen molar-refractivity contribution in [3.05, 3.63) is 24.3 Å². The van der Waals surface area contributed by atoms with Crippen molar-refractivity contribution in [1.29, 1.82) is 0 Å². The molecule has 0 heterocycles. The van der Waals surface area contributed by atoms with E-state index in [1.165, 1.54) is 6.92 Å². The summed E-state index contributed by atoms with van der Waals surface area (Å²) < 4.78 is 0. The predicted molar refractivity (Wildman–Crippen MR) is 90.2 cm³/mol. The Morgan fingerprint density at radius 1 is 0.957 bits per heavy atom. The molecule has 3 amide bonds. The zero-order chi connectivity index (χ0) is 17.2. The summed E-state index contributed by atoms with van der Waals surface area (Å²) >= 11 is 0. The van der Waals surface area contributed by atoms with Gasteiger partial charge in [-0.1, -0.05) is 0 Å². The normalized spacial score (nSPS) is 10.3. The number of rotatable bonds is 8. The molecule has 0 bridgehead atoms. The van der Waals surface area contributed by atoms with E-state index >= 15 is 0 Å². The molecule has 7 nitrogen and oxygen atoms in total. The van der Waals surface area contributed by atoms with Gasteiger partial charge in [-0.3, -0.25) is 14.4 Å². The monoisotopic (exact) mass is 320 g/mol. The van der Waals surface area contributed by atoms with E-state index < -0.39 is 0 Å². The maximum Gasteiger partial charge on any atom is 0.233 e. The highest BCUT2D eigenvalue weighted by Gasteiger charge is 2.09. The number of carbonyl (C=O) groups excluding carboxylic acids is 3. The molecule has 1 aromatic rings. The molecule has 0 saturated carbocycles. The molecule has 23 heavy (non-hydrogen) atoms. The smallest absolute Gasteiger partial charge is 0.233 e. The Morgan fingerprint density at radius 3 is 2.04 bits per heavy atom. The molecule has 0 aliphatic rings. The molecule has 0 aromatic heterocycles. The Kier molecular flexibility index (Phi) is 7.76. The number of amides is 3. The number of carbonyl (C=O) groups is 3. The van der Waals surface area contributed by atoms with Gasteiger partial charge >= 0.3 is 0 Å². The first kappa shape index (κ1) is 18.6. The molecule has 0 spiro atoms. The molecule has 0 aliphatic heterocycles. The quantitative estimate of drug-likeness (QED) is 0.493. The zero-order valence-corrected chi connectivity index (χ0v) is 13.8. The molecule has 0 fully saturated rings. The van der Waals surface area contributed by atoms with E-state index in [-0.39, 0.29) is 24.1 Å². The number of anilines is 2. The van der Waals surface area contributed by atoms with Crippen LogP contribution in [0.2, 0.25) is 0 Å². The summed E-state index contributed by atoms with van der Waals surface area (Å²) in [7, 11) is 3.93. The summed E-state index contributed by atoms with van der Waals surface area (Å²) in [5, 5.41) is 7.99. The van der Waals surface area contributed by atoms with E-state index in [0.29, 0.717) is 17.9 Å². The van der Waals surface area contributed by atoms with Gasteiger partial charge in [0.25, 0.3) is 0 Å². The second-order valence-electron chi connectivity index (χ2n) is 5.49. The lowest BCUT2D eigenvalue weighted by Gasteiger charge is -2.10. The number of hydrogen-bond donors (Lipinski definition) is 3. The van der Waals surface area contributed by atoms with Crippen LogP contribution in [0.25, 0.3) is 0 Å². The fourth-order valence-corrected chi connectivity index (χ4v) is 1.88. The van der Waals surface area contributed by atoms with E-state index in [1.807, 2.05) is 19.0 Å². The Labute approximate surface area is 136 Å². The van der Waals surface area contributed by atoms with Crippen LogP contribution in [0.5, 0.6) is 0 Å². The highest BCUT2D eigenvalue weighted by molar-refractivity contribution is 6.03. The fourth-order valence-electron chi connectivity index (χ4n) is 1.88. The minimum absolute atomic E-state index is 0.160. The molecule has 0 radical (unpaired) electrons. The number of nitrogens with one attached hydrogen (secondary N) is 3. The third-order valence-electron chi connectivity index (χ3n) is 2.91. The molecular weight excluding hydrogens is 296 g/mol. The van der Waals surface area contributed by atoms with Gasteiger partial charge in [-0.05, 0) is 51.3 Å². The highest BCUT2D eigenvalue weighted by Crippen LogP contribution is 2.13. The van der Waals surface area contributed by atoms with Crippen LogP contribution in [-0.2, 0) is 14.4 Å². The van der Waals surface area contributed by atoms with Crippen LogP contribution in [0, 0.1) is 0 Å². The third-order valence-corrected chi connectivity index (χ3v) is 2.91. The van der Waals surface area contributed by atoms with Gasteiger partial charge in [0.2, 0.25) is 17.7 Å². The second kappa shape index (κ2) is 9.58. The minimum atomic E-state index is -0.373. The van der Waals surface area contributed by atoms with Crippen LogP contribution < -0.4 is 16.0 Å². The topological polar surface area (TPSA) is 90.5 Å². The van der Waals surface area contributed by atoms with Crippen molar-refractivity contribution in [2.45, 2.75) is 19.8 Å². The van der Waals surface area contributed by atoms with E-state index in [4.69, 9.17) is 0 Å². The molecular formula is C16H24N4O3. The molecule has 0 aliphatic carbocycles. The van der Waals surface area contributed by atoms with Crippen molar-refractivity contribution in [2.75, 3.05) is 37.8 Å². The van der Waals surface area contributed by atoms with Crippen molar-refractivity contribution < 1.29 is 14.4 Å². The largest absolute Gasteiger partial charge is 0.356 e. The lowest BCUT2D eigenvalue weighted by Crippen LogP contribution is -2.30. The van der Waals surface area contributed by atoms with Gasteiger partial charge in [0.15, 0.2) is 0 Å². The minimum Gasteiger partial charge on any atom is -0.356 e. The lowest BCUT2D eigenvalue weighted by atomic mass is 10.2. The Balaban J connectivity index is 2.32. The van der Waals surface area contributed by atoms with Gasteiger partial charge in [0, 0.05) is 24.8 Å². The Bertz CT molecular complexity index is 541. The van der Waals surface area contributed by atoms with Crippen LogP contribution in [0.15, 0.2) is 24.3 Å². The predicted octanol–water partition coefficient (Wildman–Crippen LogP) is 1.04. The second-order valence-corrected chi connectivity index (χ2v) is 5.49. The van der Waals surface area contributed by atoms with E-state index in [0.717, 1.165) is 13.0 Å². The van der Waals surface area contributed by atoms with Gasteiger partial charge in [0.1, 0.15) is 6.42 Å². The molecule has 1 aromatic carbocycles. The van der Waals surface area contributed by atoms with Crippen LogP contribution in [0.1, 0.15) is 19.8 Å². The average Bonchev–Trinajstić information content (AvgIpc) is 2.45. The molecule has 0 saturated heterocycles. The average molecular weight is 320 g/mol. The SMILES string of the molecule is CC(=O)Nc1ccc(NC(=O)CC(=O)NCCCN(C)C)cc1. The number of hydrogen-bond acceptors (Lipinski definition) is 4. The summed E-state index contributed by atoms with van der Waals surface area (Å²) in [6, 6.07) is 6.69. The van der Waals surface area contributed by atoms with Crippen LogP contribution in [-0.4, -0.2) is 49.8 Å². The van der Waals surface area contributed by atoms with Gasteiger partial charge in [-0.25, -0.2) is 0 Å². The molecule has 1 rings (SSSR count). The molecule has 7 heteroatoms. The molecule has 0 atom stereocenters. The summed E-state index contributed by atoms with van der Waals surface area (Å²) in [5.41, 5.74) is 1.22. The first-order valence-corrected chi connectivity index (χ1v) is 7.46. The Hall–Kier alpha value is -2.41. The summed E-state index contributed by atoms with van der Waals surface area (Å²) in [4.78, 5) is 36.4. The van der Waals surface area contributed by atoms with Crippen LogP contribution in [0.4, 0.5) is 11.4 Å². The Morgan fingerprint density at radius 2 is 1.52 bits per heavy atom. The lowest BCUT2D eigenvalue weighted by molar-refractivity contribution is -0.126. The van der Waals surface area contributed by atoms with Crippen molar-refractivity contribution in [2.24, 2.45) is 0 Å². The summed E-state index contributed by atoms with van der Waals surface area (Å²) in [5.74, 6) is -0.828. The molecule has 126 valence electrons. The fraction of sp³-hybridized carbons (Fsp3) is 0.438. The standard InChI is InChI=1S/C16H24N4O3/c1-12(21)18-13-5-7-14(8-6-13)19-16(23)11-15(22)17-9-4-10-20(2)3/h5-8H,4,9-11H2,1-3H3,(H,17,22)(H,18,21)(H,19,23). The van der Waals surface area contributed by atoms with E-state index in [9.17, 15) is 14.4 Å². The van der Waals surface area contributed by atoms with Crippen molar-refractivity contribution >= 4 is 29.1 Å². The first-order valence-electron chi connectivity index (χ1n) is 7.46. The molecule has 0 unspecified atom stereocenters. The van der Waals surface area contributed by atoms with Crippen molar-refractivity contribution in [1.82, 2.24) is 10.2 Å². The summed E-state index contributed by atoms with van der Waals surface area (Å²) in [6.45, 7) is 2.86. The van der Waals surface area contributed by atoms with E-state index in [1.54, 1.807) is 24.3 Å². The summed E-state index contributed by atoms with van der Waals surface area (Å²) in [6.07, 6.45) is 0.625. The van der Waals surface area contributed by atoms with Gasteiger partial charge in [0.05, 0.1) is 0 Å². The van der Waals surface area contributed by atoms with Crippen molar-refractivity contribution in [3.63, 3.8) is 0 Å². The van der Waals surface area contributed by atoms with Gasteiger partial charge in [-0.2, -0.15) is 0 Å². The van der Waals surface area contributed by atoms with Crippen molar-refractivity contribution in [3.8, 4) is 0 Å². The highest BCUT2D eigenvalue weighted by atomic mass is 16.2.